The van der Waals surface area contributed by atoms with Gasteiger partial charge < -0.3 is 0 Å². The summed E-state index contributed by atoms with van der Waals surface area (Å²) in [5, 5.41) is 0. The number of hydrogen-bond donors (Lipinski definition) is 0. The number of nitrogens with zero attached hydrogens (tertiary/aromatic N) is 2. The van der Waals surface area contributed by atoms with E-state index in [-0.39, 0.29) is 5.41 Å². The fourth-order valence-corrected chi connectivity index (χ4v) is 5.95. The van der Waals surface area contributed by atoms with Gasteiger partial charge in [0.1, 0.15) is 5.69 Å². The SMILES string of the molecule is Cc1ccc(C)c(-c2n(-c3c(C(C)C)cc(-c4ccccc4)cc3C(C)C)c3cc(C(C)(C)C)ccc3[n+]2C)c1. The van der Waals surface area contributed by atoms with Crippen LogP contribution in [0.5, 0.6) is 0 Å². The Morgan fingerprint density at radius 1 is 0.700 bits per heavy atom. The van der Waals surface area contributed by atoms with Crippen molar-refractivity contribution in [3.8, 4) is 28.2 Å². The molecule has 1 aromatic heterocycles. The largest absolute Gasteiger partial charge is 0.295 e. The normalized spacial score (nSPS) is 12.2. The van der Waals surface area contributed by atoms with Crippen molar-refractivity contribution in [2.75, 3.05) is 0 Å². The molecule has 206 valence electrons. The average Bonchev–Trinajstić information content (AvgIpc) is 3.20. The summed E-state index contributed by atoms with van der Waals surface area (Å²) in [5.41, 5.74) is 14.4. The number of imidazole rings is 1. The van der Waals surface area contributed by atoms with E-state index in [2.05, 4.69) is 157 Å². The molecule has 40 heavy (non-hydrogen) atoms. The van der Waals surface area contributed by atoms with Gasteiger partial charge in [-0.05, 0) is 83.7 Å². The summed E-state index contributed by atoms with van der Waals surface area (Å²) < 4.78 is 4.99. The molecule has 4 aromatic carbocycles. The van der Waals surface area contributed by atoms with Crippen LogP contribution in [0.1, 0.15) is 88.1 Å². The van der Waals surface area contributed by atoms with E-state index >= 15 is 0 Å². The zero-order chi connectivity index (χ0) is 28.9. The van der Waals surface area contributed by atoms with E-state index in [1.165, 1.54) is 67.1 Å². The molecule has 0 aliphatic heterocycles. The summed E-state index contributed by atoms with van der Waals surface area (Å²) in [7, 11) is 2.23. The number of hydrogen-bond acceptors (Lipinski definition) is 0. The van der Waals surface area contributed by atoms with Gasteiger partial charge in [0.05, 0.1) is 12.6 Å². The summed E-state index contributed by atoms with van der Waals surface area (Å²) in [5.74, 6) is 1.95. The van der Waals surface area contributed by atoms with Crippen molar-refractivity contribution < 1.29 is 4.57 Å². The van der Waals surface area contributed by atoms with Gasteiger partial charge in [-0.15, -0.1) is 0 Å². The predicted molar refractivity (Wildman–Crippen MR) is 172 cm³/mol. The molecule has 0 bridgehead atoms. The topological polar surface area (TPSA) is 8.81 Å². The Bertz CT molecular complexity index is 1660. The molecule has 0 amide bonds. The molecule has 0 aliphatic carbocycles. The number of fused-ring (bicyclic) bond motifs is 1. The third kappa shape index (κ3) is 4.89. The van der Waals surface area contributed by atoms with E-state index in [1.807, 2.05) is 0 Å². The van der Waals surface area contributed by atoms with Crippen LogP contribution in [-0.2, 0) is 12.5 Å². The first-order valence-corrected chi connectivity index (χ1v) is 14.7. The number of aromatic nitrogens is 2. The minimum atomic E-state index is 0.0558. The van der Waals surface area contributed by atoms with Crippen LogP contribution in [0.4, 0.5) is 0 Å². The molecule has 0 atom stereocenters. The lowest BCUT2D eigenvalue weighted by molar-refractivity contribution is -0.633. The van der Waals surface area contributed by atoms with Gasteiger partial charge in [-0.2, -0.15) is 4.57 Å². The highest BCUT2D eigenvalue weighted by Gasteiger charge is 2.33. The molecule has 0 spiro atoms. The Morgan fingerprint density at radius 3 is 1.90 bits per heavy atom. The van der Waals surface area contributed by atoms with Gasteiger partial charge in [0.2, 0.25) is 0 Å². The highest BCUT2D eigenvalue weighted by Crippen LogP contribution is 2.40. The highest BCUT2D eigenvalue weighted by molar-refractivity contribution is 5.83. The second kappa shape index (κ2) is 10.4. The summed E-state index contributed by atoms with van der Waals surface area (Å²) in [6.07, 6.45) is 0. The second-order valence-electron chi connectivity index (χ2n) is 13.2. The molecule has 0 fully saturated rings. The van der Waals surface area contributed by atoms with Gasteiger partial charge in [0, 0.05) is 11.1 Å². The van der Waals surface area contributed by atoms with Crippen LogP contribution >= 0.6 is 0 Å². The molecule has 2 nitrogen and oxygen atoms in total. The molecule has 0 saturated heterocycles. The van der Waals surface area contributed by atoms with E-state index in [1.54, 1.807) is 0 Å². The van der Waals surface area contributed by atoms with Crippen molar-refractivity contribution in [1.82, 2.24) is 4.57 Å². The smallest absolute Gasteiger partial charge is 0.225 e. The zero-order valence-electron chi connectivity index (χ0n) is 26.1. The third-order valence-corrected chi connectivity index (χ3v) is 8.35. The molecule has 0 saturated carbocycles. The van der Waals surface area contributed by atoms with Crippen molar-refractivity contribution in [3.63, 3.8) is 0 Å². The summed E-state index contributed by atoms with van der Waals surface area (Å²) in [6, 6.07) is 29.6. The molecular formula is C38H45N2+. The molecule has 0 radical (unpaired) electrons. The first-order valence-electron chi connectivity index (χ1n) is 14.7. The summed E-state index contributed by atoms with van der Waals surface area (Å²) in [6.45, 7) is 20.7. The van der Waals surface area contributed by atoms with Crippen molar-refractivity contribution in [1.29, 1.82) is 0 Å². The molecule has 1 heterocycles. The maximum atomic E-state index is 2.59. The van der Waals surface area contributed by atoms with Crippen LogP contribution in [-0.4, -0.2) is 4.57 Å². The van der Waals surface area contributed by atoms with Crippen molar-refractivity contribution >= 4 is 11.0 Å². The van der Waals surface area contributed by atoms with E-state index in [4.69, 9.17) is 0 Å². The molecule has 5 aromatic rings. The minimum absolute atomic E-state index is 0.0558. The van der Waals surface area contributed by atoms with Crippen LogP contribution < -0.4 is 4.57 Å². The van der Waals surface area contributed by atoms with Gasteiger partial charge in [-0.1, -0.05) is 103 Å². The third-order valence-electron chi connectivity index (χ3n) is 8.35. The molecule has 0 unspecified atom stereocenters. The molecule has 0 aliphatic rings. The number of rotatable bonds is 5. The fraction of sp³-hybridized carbons (Fsp3) is 0.342. The van der Waals surface area contributed by atoms with E-state index < -0.39 is 0 Å². The van der Waals surface area contributed by atoms with Gasteiger partial charge in [0.15, 0.2) is 11.0 Å². The van der Waals surface area contributed by atoms with Crippen LogP contribution in [0.25, 0.3) is 39.2 Å². The maximum Gasteiger partial charge on any atom is 0.295 e. The van der Waals surface area contributed by atoms with Crippen LogP contribution in [0, 0.1) is 13.8 Å². The predicted octanol–water partition coefficient (Wildman–Crippen LogP) is 9.95. The second-order valence-corrected chi connectivity index (χ2v) is 13.2. The fourth-order valence-electron chi connectivity index (χ4n) is 5.95. The van der Waals surface area contributed by atoms with Crippen molar-refractivity contribution in [3.05, 3.63) is 107 Å². The first-order chi connectivity index (χ1) is 18.9. The van der Waals surface area contributed by atoms with E-state index in [0.717, 1.165) is 0 Å². The van der Waals surface area contributed by atoms with Crippen LogP contribution in [0.3, 0.4) is 0 Å². The monoisotopic (exact) mass is 529 g/mol. The molecule has 5 rings (SSSR count). The standard InChI is InChI=1S/C38H45N2/c1-24(2)31-21-29(28-14-12-11-13-15-28)22-32(25(3)4)36(31)40-35-23-30(38(7,8)9)18-19-34(35)39(10)37(40)33-20-26(5)16-17-27(33)6/h11-25H,1-10H3/q+1. The summed E-state index contributed by atoms with van der Waals surface area (Å²) >= 11 is 0. The molecule has 2 heteroatoms. The molecule has 0 N–H and O–H groups in total. The number of aryl methyl sites for hydroxylation is 3. The number of benzene rings is 4. The Hall–Kier alpha value is -3.65. The minimum Gasteiger partial charge on any atom is -0.225 e. The Morgan fingerprint density at radius 2 is 1.32 bits per heavy atom. The first kappa shape index (κ1) is 27.9. The summed E-state index contributed by atoms with van der Waals surface area (Å²) in [4.78, 5) is 0. The van der Waals surface area contributed by atoms with E-state index in [0.29, 0.717) is 11.8 Å². The lowest BCUT2D eigenvalue weighted by Crippen LogP contribution is -2.30. The van der Waals surface area contributed by atoms with Crippen LogP contribution in [0.15, 0.2) is 78.9 Å². The van der Waals surface area contributed by atoms with Gasteiger partial charge in [-0.25, -0.2) is 4.57 Å². The lowest BCUT2D eigenvalue weighted by atomic mass is 9.86. The Balaban J connectivity index is 1.99. The molecular weight excluding hydrogens is 484 g/mol. The Labute approximate surface area is 241 Å². The zero-order valence-corrected chi connectivity index (χ0v) is 26.1. The quantitative estimate of drug-likeness (QED) is 0.200. The van der Waals surface area contributed by atoms with Crippen LogP contribution in [0.2, 0.25) is 0 Å². The average molecular weight is 530 g/mol. The van der Waals surface area contributed by atoms with Crippen molar-refractivity contribution in [2.45, 2.75) is 79.6 Å². The Kier molecular flexibility index (Phi) is 7.25. The van der Waals surface area contributed by atoms with Crippen molar-refractivity contribution in [2.24, 2.45) is 7.05 Å². The van der Waals surface area contributed by atoms with Gasteiger partial charge >= 0.3 is 0 Å². The highest BCUT2D eigenvalue weighted by atomic mass is 15.2. The van der Waals surface area contributed by atoms with Gasteiger partial charge in [0.25, 0.3) is 5.82 Å². The van der Waals surface area contributed by atoms with Gasteiger partial charge in [-0.3, -0.25) is 0 Å². The maximum absolute atomic E-state index is 2.59. The van der Waals surface area contributed by atoms with E-state index in [9.17, 15) is 0 Å². The lowest BCUT2D eigenvalue weighted by Gasteiger charge is -2.21.